The average Bonchev–Trinajstić information content (AvgIpc) is 2.86. The van der Waals surface area contributed by atoms with E-state index >= 15 is 0 Å². The summed E-state index contributed by atoms with van der Waals surface area (Å²) in [5.41, 5.74) is 0.404. The smallest absolute Gasteiger partial charge is 0.213 e. The summed E-state index contributed by atoms with van der Waals surface area (Å²) in [6, 6.07) is 6.69. The van der Waals surface area contributed by atoms with Crippen LogP contribution in [0, 0.1) is 17.1 Å². The number of rotatable bonds is 3. The molecule has 0 N–H and O–H groups in total. The van der Waals surface area contributed by atoms with E-state index in [2.05, 4.69) is 4.98 Å². The Bertz CT molecular complexity index is 610. The highest BCUT2D eigenvalue weighted by atomic mass is 19.1. The Morgan fingerprint density at radius 2 is 2.11 bits per heavy atom. The Hall–Kier alpha value is -2.48. The van der Waals surface area contributed by atoms with Gasteiger partial charge in [-0.05, 0) is 31.2 Å². The van der Waals surface area contributed by atoms with E-state index in [4.69, 9.17) is 5.26 Å². The van der Waals surface area contributed by atoms with Crippen LogP contribution in [-0.2, 0) is 0 Å². The first-order valence-electron chi connectivity index (χ1n) is 5.36. The molecule has 1 heterocycles. The first kappa shape index (κ1) is 12.0. The van der Waals surface area contributed by atoms with Crippen molar-refractivity contribution in [2.24, 2.45) is 0 Å². The zero-order valence-electron chi connectivity index (χ0n) is 9.67. The van der Waals surface area contributed by atoms with Crippen molar-refractivity contribution in [3.63, 3.8) is 0 Å². The number of imidazole rings is 1. The maximum absolute atomic E-state index is 12.8. The highest BCUT2D eigenvalue weighted by Gasteiger charge is 2.19. The number of ketones is 1. The van der Waals surface area contributed by atoms with Crippen LogP contribution in [0.15, 0.2) is 36.7 Å². The number of aromatic nitrogens is 2. The summed E-state index contributed by atoms with van der Waals surface area (Å²) in [7, 11) is 0. The van der Waals surface area contributed by atoms with Gasteiger partial charge in [-0.3, -0.25) is 4.79 Å². The molecule has 0 fully saturated rings. The molecule has 90 valence electrons. The van der Waals surface area contributed by atoms with E-state index in [1.54, 1.807) is 13.1 Å². The predicted molar refractivity (Wildman–Crippen MR) is 62.4 cm³/mol. The molecule has 0 amide bonds. The number of carbonyl (C=O) groups is 1. The molecule has 0 bridgehead atoms. The lowest BCUT2D eigenvalue weighted by atomic mass is 10.1. The van der Waals surface area contributed by atoms with Gasteiger partial charge < -0.3 is 4.57 Å². The third-order valence-electron chi connectivity index (χ3n) is 2.69. The largest absolute Gasteiger partial charge is 0.312 e. The molecule has 0 aliphatic carbocycles. The van der Waals surface area contributed by atoms with E-state index in [0.717, 1.165) is 0 Å². The normalized spacial score (nSPS) is 11.8. The second-order valence-electron chi connectivity index (χ2n) is 3.82. The number of hydrogen-bond acceptors (Lipinski definition) is 3. The third kappa shape index (κ3) is 2.13. The summed E-state index contributed by atoms with van der Waals surface area (Å²) in [6.07, 6.45) is 3.04. The monoisotopic (exact) mass is 243 g/mol. The number of Topliss-reactive ketones (excluding diaryl/α,β-unsaturated/α-hetero) is 1. The topological polar surface area (TPSA) is 58.7 Å². The molecule has 1 aromatic heterocycles. The lowest BCUT2D eigenvalue weighted by Gasteiger charge is -2.12. The number of hydrogen-bond donors (Lipinski definition) is 0. The fourth-order valence-electron chi connectivity index (χ4n) is 1.69. The van der Waals surface area contributed by atoms with Crippen LogP contribution < -0.4 is 0 Å². The number of nitrogens with zero attached hydrogens (tertiary/aromatic N) is 3. The molecule has 5 heteroatoms. The van der Waals surface area contributed by atoms with Gasteiger partial charge in [0.1, 0.15) is 11.9 Å². The van der Waals surface area contributed by atoms with Crippen molar-refractivity contribution in [1.82, 2.24) is 9.55 Å². The van der Waals surface area contributed by atoms with Crippen LogP contribution in [0.3, 0.4) is 0 Å². The summed E-state index contributed by atoms with van der Waals surface area (Å²) in [5.74, 6) is -0.401. The first-order chi connectivity index (χ1) is 8.63. The fourth-order valence-corrected chi connectivity index (χ4v) is 1.69. The molecular weight excluding hydrogens is 233 g/mol. The highest BCUT2D eigenvalue weighted by Crippen LogP contribution is 2.16. The Kier molecular flexibility index (Phi) is 3.20. The summed E-state index contributed by atoms with van der Waals surface area (Å²) >= 11 is 0. The van der Waals surface area contributed by atoms with Gasteiger partial charge >= 0.3 is 0 Å². The van der Waals surface area contributed by atoms with Crippen molar-refractivity contribution >= 4 is 5.78 Å². The number of nitriles is 1. The molecule has 2 rings (SSSR count). The Morgan fingerprint density at radius 1 is 1.44 bits per heavy atom. The van der Waals surface area contributed by atoms with Crippen LogP contribution in [0.1, 0.15) is 29.1 Å². The van der Waals surface area contributed by atoms with E-state index in [0.29, 0.717) is 5.56 Å². The van der Waals surface area contributed by atoms with E-state index < -0.39 is 6.04 Å². The lowest BCUT2D eigenvalue weighted by molar-refractivity contribution is 0.0934. The Balaban J connectivity index is 2.30. The van der Waals surface area contributed by atoms with Crippen LogP contribution in [0.5, 0.6) is 0 Å². The predicted octanol–water partition coefficient (Wildman–Crippen LogP) is 2.34. The standard InChI is InChI=1S/C13H10FN3O/c1-9(17-7-6-16-12(17)8-15)13(18)10-2-4-11(14)5-3-10/h2-7,9H,1H3. The van der Waals surface area contributed by atoms with Crippen LogP contribution in [0.25, 0.3) is 0 Å². The lowest BCUT2D eigenvalue weighted by Crippen LogP contribution is -2.17. The second kappa shape index (κ2) is 4.80. The number of halogens is 1. The van der Waals surface area contributed by atoms with Gasteiger partial charge in [-0.2, -0.15) is 5.26 Å². The molecule has 0 aliphatic rings. The maximum Gasteiger partial charge on any atom is 0.213 e. The van der Waals surface area contributed by atoms with Crippen molar-refractivity contribution in [3.8, 4) is 6.07 Å². The zero-order valence-corrected chi connectivity index (χ0v) is 9.67. The first-order valence-corrected chi connectivity index (χ1v) is 5.36. The van der Waals surface area contributed by atoms with Crippen molar-refractivity contribution in [2.75, 3.05) is 0 Å². The van der Waals surface area contributed by atoms with Crippen molar-refractivity contribution in [1.29, 1.82) is 5.26 Å². The quantitative estimate of drug-likeness (QED) is 0.777. The van der Waals surface area contributed by atoms with Gasteiger partial charge in [-0.1, -0.05) is 0 Å². The molecule has 1 unspecified atom stereocenters. The van der Waals surface area contributed by atoms with Gasteiger partial charge in [0.15, 0.2) is 5.78 Å². The van der Waals surface area contributed by atoms with Gasteiger partial charge in [0.2, 0.25) is 5.82 Å². The van der Waals surface area contributed by atoms with Gasteiger partial charge in [0, 0.05) is 18.0 Å². The van der Waals surface area contributed by atoms with Crippen molar-refractivity contribution in [3.05, 3.63) is 53.9 Å². The molecule has 4 nitrogen and oxygen atoms in total. The van der Waals surface area contributed by atoms with Crippen molar-refractivity contribution < 1.29 is 9.18 Å². The van der Waals surface area contributed by atoms with Gasteiger partial charge in [-0.25, -0.2) is 9.37 Å². The van der Waals surface area contributed by atoms with Gasteiger partial charge in [0.05, 0.1) is 6.04 Å². The minimum atomic E-state index is -0.549. The molecule has 0 spiro atoms. The molecule has 0 radical (unpaired) electrons. The minimum Gasteiger partial charge on any atom is -0.312 e. The number of benzene rings is 1. The van der Waals surface area contributed by atoms with Crippen LogP contribution in [-0.4, -0.2) is 15.3 Å². The van der Waals surface area contributed by atoms with E-state index in [-0.39, 0.29) is 17.4 Å². The molecule has 1 atom stereocenters. The molecule has 18 heavy (non-hydrogen) atoms. The molecule has 2 aromatic rings. The fraction of sp³-hybridized carbons (Fsp3) is 0.154. The van der Waals surface area contributed by atoms with E-state index in [1.807, 2.05) is 6.07 Å². The van der Waals surface area contributed by atoms with Gasteiger partial charge in [-0.15, -0.1) is 0 Å². The Labute approximate surface area is 103 Å². The van der Waals surface area contributed by atoms with E-state index in [9.17, 15) is 9.18 Å². The van der Waals surface area contributed by atoms with Crippen LogP contribution in [0.4, 0.5) is 4.39 Å². The Morgan fingerprint density at radius 3 is 2.72 bits per heavy atom. The SMILES string of the molecule is CC(C(=O)c1ccc(F)cc1)n1ccnc1C#N. The maximum atomic E-state index is 12.8. The van der Waals surface area contributed by atoms with Crippen LogP contribution in [0.2, 0.25) is 0 Å². The molecule has 1 aromatic carbocycles. The zero-order chi connectivity index (χ0) is 13.1. The molecule has 0 saturated heterocycles. The van der Waals surface area contributed by atoms with E-state index in [1.165, 1.54) is 35.0 Å². The molecule has 0 aliphatic heterocycles. The summed E-state index contributed by atoms with van der Waals surface area (Å²) in [4.78, 5) is 16.0. The van der Waals surface area contributed by atoms with Gasteiger partial charge in [0.25, 0.3) is 0 Å². The highest BCUT2D eigenvalue weighted by molar-refractivity contribution is 5.98. The summed E-state index contributed by atoms with van der Waals surface area (Å²) < 4.78 is 14.3. The third-order valence-corrected chi connectivity index (χ3v) is 2.69. The van der Waals surface area contributed by atoms with Crippen molar-refractivity contribution in [2.45, 2.75) is 13.0 Å². The number of carbonyl (C=O) groups excluding carboxylic acids is 1. The molecule has 0 saturated carbocycles. The summed E-state index contributed by atoms with van der Waals surface area (Å²) in [5, 5.41) is 8.85. The minimum absolute atomic E-state index is 0.179. The second-order valence-corrected chi connectivity index (χ2v) is 3.82. The van der Waals surface area contributed by atoms with Crippen LogP contribution >= 0.6 is 0 Å². The average molecular weight is 243 g/mol. The molecular formula is C13H10FN3O. The summed E-state index contributed by atoms with van der Waals surface area (Å²) in [6.45, 7) is 1.67.